The third-order valence-corrected chi connectivity index (χ3v) is 9.44. The molecule has 43 heavy (non-hydrogen) atoms. The molecule has 1 fully saturated rings. The fourth-order valence-corrected chi connectivity index (χ4v) is 7.76. The van der Waals surface area contributed by atoms with E-state index in [1.807, 2.05) is 0 Å². The number of aromatic hydroxyl groups is 1. The van der Waals surface area contributed by atoms with Crippen molar-refractivity contribution in [2.24, 2.45) is 5.92 Å². The maximum Gasteiger partial charge on any atom is 0.418 e. The molecule has 3 amide bonds. The molecular formula is C29H20F3N3O6S2. The third-order valence-electron chi connectivity index (χ3n) is 7.04. The normalized spacial score (nSPS) is 19.6. The molecule has 220 valence electrons. The molecule has 0 aliphatic carbocycles. The van der Waals surface area contributed by atoms with Gasteiger partial charge in [0.1, 0.15) is 16.7 Å². The van der Waals surface area contributed by atoms with E-state index >= 15 is 0 Å². The van der Waals surface area contributed by atoms with Crippen LogP contribution in [0.2, 0.25) is 0 Å². The van der Waals surface area contributed by atoms with Gasteiger partial charge in [0.15, 0.2) is 6.61 Å². The second-order valence-electron chi connectivity index (χ2n) is 9.70. The number of H-pyrrole nitrogens is 1. The van der Waals surface area contributed by atoms with Crippen molar-refractivity contribution in [2.75, 3.05) is 16.8 Å². The summed E-state index contributed by atoms with van der Waals surface area (Å²) in [5, 5.41) is 11.3. The predicted molar refractivity (Wildman–Crippen MR) is 153 cm³/mol. The zero-order chi connectivity index (χ0) is 30.5. The van der Waals surface area contributed by atoms with Crippen molar-refractivity contribution in [3.63, 3.8) is 0 Å². The number of anilines is 2. The van der Waals surface area contributed by atoms with Crippen molar-refractivity contribution in [1.82, 2.24) is 4.98 Å². The quantitative estimate of drug-likeness (QED) is 0.203. The van der Waals surface area contributed by atoms with Crippen molar-refractivity contribution >= 4 is 52.2 Å². The molecular weight excluding hydrogens is 607 g/mol. The van der Waals surface area contributed by atoms with Crippen molar-refractivity contribution in [3.05, 3.63) is 98.5 Å². The molecule has 0 radical (unpaired) electrons. The Labute approximate surface area is 249 Å². The smallest absolute Gasteiger partial charge is 0.418 e. The summed E-state index contributed by atoms with van der Waals surface area (Å²) >= 11 is 1.77. The number of para-hydroxylation sites is 2. The van der Waals surface area contributed by atoms with E-state index in [4.69, 9.17) is 4.74 Å². The van der Waals surface area contributed by atoms with Crippen LogP contribution < -0.4 is 19.8 Å². The number of rotatable bonds is 6. The summed E-state index contributed by atoms with van der Waals surface area (Å²) in [6.45, 7) is -0.443. The van der Waals surface area contributed by atoms with Crippen molar-refractivity contribution in [1.29, 1.82) is 0 Å². The number of thiazole rings is 1. The average molecular weight is 628 g/mol. The van der Waals surface area contributed by atoms with Crippen LogP contribution in [-0.4, -0.2) is 39.7 Å². The molecule has 14 heteroatoms. The molecule has 2 aliphatic heterocycles. The maximum atomic E-state index is 14.0. The fourth-order valence-electron chi connectivity index (χ4n) is 5.25. The summed E-state index contributed by atoms with van der Waals surface area (Å²) in [5.41, 5.74) is -0.879. The Morgan fingerprint density at radius 2 is 1.67 bits per heavy atom. The van der Waals surface area contributed by atoms with Crippen LogP contribution in [0.3, 0.4) is 0 Å². The number of benzene rings is 3. The summed E-state index contributed by atoms with van der Waals surface area (Å²) in [6.07, 6.45) is -4.82. The van der Waals surface area contributed by atoms with Gasteiger partial charge in [-0.05, 0) is 42.5 Å². The van der Waals surface area contributed by atoms with E-state index in [1.54, 1.807) is 24.3 Å². The Balaban J connectivity index is 1.36. The van der Waals surface area contributed by atoms with E-state index < -0.39 is 63.7 Å². The molecule has 3 heterocycles. The number of aromatic amines is 1. The van der Waals surface area contributed by atoms with Crippen LogP contribution in [-0.2, 0) is 20.6 Å². The Morgan fingerprint density at radius 1 is 0.977 bits per heavy atom. The summed E-state index contributed by atoms with van der Waals surface area (Å²) in [7, 11) is 0. The van der Waals surface area contributed by atoms with Gasteiger partial charge in [-0.15, -0.1) is 0 Å². The van der Waals surface area contributed by atoms with Gasteiger partial charge in [0, 0.05) is 22.0 Å². The summed E-state index contributed by atoms with van der Waals surface area (Å²) < 4.78 is 47.5. The summed E-state index contributed by atoms with van der Waals surface area (Å²) in [6, 6.07) is 16.7. The lowest BCUT2D eigenvalue weighted by Crippen LogP contribution is -2.33. The molecule has 0 saturated carbocycles. The summed E-state index contributed by atoms with van der Waals surface area (Å²) in [5.74, 6) is -4.05. The number of thioether (sulfide) groups is 1. The van der Waals surface area contributed by atoms with Gasteiger partial charge >= 0.3 is 11.0 Å². The number of ether oxygens (including phenoxy) is 1. The minimum absolute atomic E-state index is 0.0268. The number of imide groups is 1. The standard InChI is InChI=1S/C29H20F3N3O6S2/c30-29(31,32)17-6-2-3-7-18(17)35-26(38)22-21(23-25(34-28(40)43-23)42-24(22)27(35)39)16-5-1-4-8-19(16)41-13-20(37)33-14-9-11-15(36)12-10-14/h1-12,21-22,24,36H,13H2,(H,33,37)(H,34,40)/t21-,22-,24+/m0/s1. The number of carbonyl (C=O) groups excluding carboxylic acids is 3. The maximum absolute atomic E-state index is 14.0. The highest BCUT2D eigenvalue weighted by molar-refractivity contribution is 8.00. The zero-order valence-electron chi connectivity index (χ0n) is 21.8. The third kappa shape index (κ3) is 5.27. The van der Waals surface area contributed by atoms with E-state index in [9.17, 15) is 37.5 Å². The van der Waals surface area contributed by atoms with Gasteiger partial charge in [0.25, 0.3) is 5.91 Å². The second kappa shape index (κ2) is 10.9. The number of carbonyl (C=O) groups is 3. The lowest BCUT2D eigenvalue weighted by molar-refractivity contribution is -0.137. The highest BCUT2D eigenvalue weighted by atomic mass is 32.2. The molecule has 3 N–H and O–H groups in total. The van der Waals surface area contributed by atoms with Gasteiger partial charge in [-0.3, -0.25) is 19.2 Å². The number of nitrogens with one attached hydrogen (secondary N) is 2. The van der Waals surface area contributed by atoms with Gasteiger partial charge in [0.2, 0.25) is 11.8 Å². The lowest BCUT2D eigenvalue weighted by Gasteiger charge is -2.30. The molecule has 3 aromatic carbocycles. The van der Waals surface area contributed by atoms with Crippen molar-refractivity contribution in [3.8, 4) is 11.5 Å². The van der Waals surface area contributed by atoms with Crippen LogP contribution in [0.4, 0.5) is 24.5 Å². The molecule has 3 atom stereocenters. The van der Waals surface area contributed by atoms with Crippen LogP contribution >= 0.6 is 23.1 Å². The molecule has 4 aromatic rings. The monoisotopic (exact) mass is 627 g/mol. The first-order valence-corrected chi connectivity index (χ1v) is 14.5. The average Bonchev–Trinajstić information content (AvgIpc) is 3.47. The zero-order valence-corrected chi connectivity index (χ0v) is 23.4. The van der Waals surface area contributed by atoms with E-state index in [0.29, 0.717) is 26.1 Å². The molecule has 2 aliphatic rings. The number of hydrogen-bond donors (Lipinski definition) is 3. The molecule has 1 saturated heterocycles. The number of phenols is 1. The first kappa shape index (κ1) is 28.6. The van der Waals surface area contributed by atoms with Crippen LogP contribution in [0.1, 0.15) is 21.9 Å². The topological polar surface area (TPSA) is 129 Å². The molecule has 9 nitrogen and oxygen atoms in total. The SMILES string of the molecule is O=C(COc1ccccc1[C@@H]1c2sc(=O)[nH]c2S[C@H]2C(=O)N(c3ccccc3C(F)(F)F)C(=O)[C@@H]12)Nc1ccc(O)cc1. The van der Waals surface area contributed by atoms with E-state index in [-0.39, 0.29) is 11.5 Å². The molecule has 0 unspecified atom stereocenters. The van der Waals surface area contributed by atoms with E-state index in [2.05, 4.69) is 10.3 Å². The number of nitrogens with zero attached hydrogens (tertiary/aromatic N) is 1. The first-order chi connectivity index (χ1) is 20.5. The van der Waals surface area contributed by atoms with Crippen LogP contribution in [0.5, 0.6) is 11.5 Å². The lowest BCUT2D eigenvalue weighted by atomic mass is 9.82. The number of fused-ring (bicyclic) bond motifs is 2. The number of alkyl halides is 3. The molecule has 6 rings (SSSR count). The van der Waals surface area contributed by atoms with Crippen LogP contribution in [0.15, 0.2) is 82.6 Å². The largest absolute Gasteiger partial charge is 0.508 e. The van der Waals surface area contributed by atoms with Crippen LogP contribution in [0, 0.1) is 5.92 Å². The number of amides is 3. The van der Waals surface area contributed by atoms with Gasteiger partial charge in [0.05, 0.1) is 22.2 Å². The van der Waals surface area contributed by atoms with E-state index in [1.165, 1.54) is 36.4 Å². The Hall–Kier alpha value is -4.56. The number of phenolic OH excluding ortho intramolecular Hbond substituents is 1. The van der Waals surface area contributed by atoms with Gasteiger partial charge in [-0.2, -0.15) is 13.2 Å². The number of aromatic nitrogens is 1. The predicted octanol–water partition coefficient (Wildman–Crippen LogP) is 4.97. The van der Waals surface area contributed by atoms with Gasteiger partial charge in [-0.1, -0.05) is 53.4 Å². The Morgan fingerprint density at radius 3 is 2.42 bits per heavy atom. The van der Waals surface area contributed by atoms with Crippen molar-refractivity contribution < 1.29 is 37.4 Å². The summed E-state index contributed by atoms with van der Waals surface area (Å²) in [4.78, 5) is 55.9. The minimum Gasteiger partial charge on any atom is -0.508 e. The van der Waals surface area contributed by atoms with Gasteiger partial charge < -0.3 is 20.1 Å². The Kier molecular flexibility index (Phi) is 7.26. The van der Waals surface area contributed by atoms with Gasteiger partial charge in [-0.25, -0.2) is 4.90 Å². The molecule has 0 spiro atoms. The minimum atomic E-state index is -4.82. The van der Waals surface area contributed by atoms with E-state index in [0.717, 1.165) is 35.2 Å². The van der Waals surface area contributed by atoms with Crippen LogP contribution in [0.25, 0.3) is 0 Å². The first-order valence-electron chi connectivity index (χ1n) is 12.8. The molecule has 0 bridgehead atoms. The highest BCUT2D eigenvalue weighted by Gasteiger charge is 2.57. The fraction of sp³-hybridized carbons (Fsp3) is 0.172. The molecule has 1 aromatic heterocycles. The Bertz CT molecular complexity index is 1800. The number of hydrogen-bond acceptors (Lipinski definition) is 8. The number of halogens is 3. The second-order valence-corrected chi connectivity index (χ2v) is 11.9. The highest BCUT2D eigenvalue weighted by Crippen LogP contribution is 2.55. The van der Waals surface area contributed by atoms with Crippen molar-refractivity contribution in [2.45, 2.75) is 22.4 Å².